The number of para-hydroxylation sites is 1. The van der Waals surface area contributed by atoms with Gasteiger partial charge in [-0.1, -0.05) is 35.9 Å². The number of nitrogens with one attached hydrogen (secondary N) is 1. The molecule has 1 amide bonds. The van der Waals surface area contributed by atoms with Crippen LogP contribution in [0.25, 0.3) is 5.69 Å². The van der Waals surface area contributed by atoms with E-state index < -0.39 is 18.0 Å². The lowest BCUT2D eigenvalue weighted by molar-refractivity contribution is -0.274. The van der Waals surface area contributed by atoms with Crippen molar-refractivity contribution in [1.82, 2.24) is 9.78 Å². The number of nitrogens with zero attached hydrogens (tertiary/aromatic N) is 2. The molecule has 0 spiro atoms. The van der Waals surface area contributed by atoms with Gasteiger partial charge in [0.15, 0.2) is 0 Å². The summed E-state index contributed by atoms with van der Waals surface area (Å²) in [5, 5.41) is 6.86. The van der Waals surface area contributed by atoms with Gasteiger partial charge in [0.05, 0.1) is 11.4 Å². The zero-order chi connectivity index (χ0) is 19.6. The molecule has 5 nitrogen and oxygen atoms in total. The van der Waals surface area contributed by atoms with Crippen LogP contribution >= 0.6 is 11.6 Å². The normalized spacial score (nSPS) is 11.3. The summed E-state index contributed by atoms with van der Waals surface area (Å²) in [6, 6.07) is 14.0. The van der Waals surface area contributed by atoms with Crippen LogP contribution < -0.4 is 10.1 Å². The molecule has 3 aromatic rings. The number of ether oxygens (including phenoxy) is 1. The first kappa shape index (κ1) is 18.8. The van der Waals surface area contributed by atoms with Gasteiger partial charge in [0.2, 0.25) is 0 Å². The third-order valence-corrected chi connectivity index (χ3v) is 3.91. The molecule has 1 aromatic heterocycles. The highest BCUT2D eigenvalue weighted by Crippen LogP contribution is 2.27. The smallest absolute Gasteiger partial charge is 0.406 e. The van der Waals surface area contributed by atoms with Crippen molar-refractivity contribution >= 4 is 23.2 Å². The lowest BCUT2D eigenvalue weighted by Gasteiger charge is -2.10. The predicted molar refractivity (Wildman–Crippen MR) is 94.4 cm³/mol. The second-order valence-corrected chi connectivity index (χ2v) is 5.89. The molecule has 0 saturated heterocycles. The Bertz CT molecular complexity index is 972. The van der Waals surface area contributed by atoms with Gasteiger partial charge in [-0.05, 0) is 31.2 Å². The van der Waals surface area contributed by atoms with Crippen LogP contribution in [0.1, 0.15) is 16.1 Å². The molecule has 140 valence electrons. The fraction of sp³-hybridized carbons (Fsp3) is 0.111. The molecule has 0 atom stereocenters. The predicted octanol–water partition coefficient (Wildman–Crippen LogP) is 4.99. The van der Waals surface area contributed by atoms with E-state index in [4.69, 9.17) is 11.6 Å². The molecule has 0 fully saturated rings. The van der Waals surface area contributed by atoms with Crippen molar-refractivity contribution in [2.75, 3.05) is 5.32 Å². The number of anilines is 1. The van der Waals surface area contributed by atoms with E-state index >= 15 is 0 Å². The second-order valence-electron chi connectivity index (χ2n) is 5.53. The van der Waals surface area contributed by atoms with E-state index in [-0.39, 0.29) is 16.4 Å². The van der Waals surface area contributed by atoms with Crippen LogP contribution in [0.4, 0.5) is 18.9 Å². The highest BCUT2D eigenvalue weighted by molar-refractivity contribution is 6.34. The Hall–Kier alpha value is -3.00. The molecule has 1 heterocycles. The van der Waals surface area contributed by atoms with E-state index in [2.05, 4.69) is 15.2 Å². The van der Waals surface area contributed by atoms with Gasteiger partial charge >= 0.3 is 6.36 Å². The van der Waals surface area contributed by atoms with E-state index in [0.717, 1.165) is 12.1 Å². The van der Waals surface area contributed by atoms with Gasteiger partial charge in [-0.2, -0.15) is 5.10 Å². The maximum atomic E-state index is 12.6. The average Bonchev–Trinajstić information content (AvgIpc) is 2.89. The highest BCUT2D eigenvalue weighted by atomic mass is 35.5. The minimum absolute atomic E-state index is 0.0962. The number of hydrogen-bond donors (Lipinski definition) is 1. The van der Waals surface area contributed by atoms with Crippen molar-refractivity contribution in [3.8, 4) is 11.4 Å². The summed E-state index contributed by atoms with van der Waals surface area (Å²) in [6.45, 7) is 1.61. The maximum absolute atomic E-state index is 12.6. The molecule has 2 aromatic carbocycles. The van der Waals surface area contributed by atoms with E-state index in [1.165, 1.54) is 16.8 Å². The third-order valence-electron chi connectivity index (χ3n) is 3.56. The van der Waals surface area contributed by atoms with E-state index in [0.29, 0.717) is 11.4 Å². The summed E-state index contributed by atoms with van der Waals surface area (Å²) in [6.07, 6.45) is -4.82. The van der Waals surface area contributed by atoms with E-state index in [1.54, 1.807) is 31.2 Å². The molecule has 0 aliphatic heterocycles. The quantitative estimate of drug-likeness (QED) is 0.677. The van der Waals surface area contributed by atoms with Gasteiger partial charge in [0.1, 0.15) is 16.5 Å². The molecule has 0 saturated carbocycles. The first-order chi connectivity index (χ1) is 12.7. The molecule has 27 heavy (non-hydrogen) atoms. The number of benzene rings is 2. The number of aromatic nitrogens is 2. The van der Waals surface area contributed by atoms with Gasteiger partial charge in [-0.15, -0.1) is 13.2 Å². The number of carbonyl (C=O) groups excluding carboxylic acids is 1. The molecule has 3 rings (SSSR count). The van der Waals surface area contributed by atoms with Crippen LogP contribution in [0, 0.1) is 6.92 Å². The van der Waals surface area contributed by atoms with Crippen molar-refractivity contribution in [2.24, 2.45) is 0 Å². The Morgan fingerprint density at radius 1 is 1.15 bits per heavy atom. The Morgan fingerprint density at radius 2 is 1.85 bits per heavy atom. The van der Waals surface area contributed by atoms with E-state index in [1.807, 2.05) is 6.07 Å². The Balaban J connectivity index is 1.85. The summed E-state index contributed by atoms with van der Waals surface area (Å²) in [5.41, 5.74) is 1.31. The average molecular weight is 396 g/mol. The van der Waals surface area contributed by atoms with Gasteiger partial charge in [0.25, 0.3) is 5.91 Å². The van der Waals surface area contributed by atoms with Crippen molar-refractivity contribution in [3.63, 3.8) is 0 Å². The highest BCUT2D eigenvalue weighted by Gasteiger charge is 2.31. The number of halogens is 4. The van der Waals surface area contributed by atoms with Crippen LogP contribution in [0.5, 0.6) is 5.75 Å². The summed E-state index contributed by atoms with van der Waals surface area (Å²) in [7, 11) is 0. The van der Waals surface area contributed by atoms with Gasteiger partial charge in [0, 0.05) is 11.8 Å². The fourth-order valence-corrected chi connectivity index (χ4v) is 2.82. The molecular formula is C18H13ClF3N3O2. The minimum Gasteiger partial charge on any atom is -0.406 e. The van der Waals surface area contributed by atoms with Crippen LogP contribution in [0.3, 0.4) is 0 Å². The Labute approximate surface area is 157 Å². The van der Waals surface area contributed by atoms with E-state index in [9.17, 15) is 18.0 Å². The molecule has 0 aliphatic rings. The third kappa shape index (κ3) is 4.40. The van der Waals surface area contributed by atoms with Crippen LogP contribution in [0.2, 0.25) is 5.15 Å². The molecule has 0 radical (unpaired) electrons. The second kappa shape index (κ2) is 7.32. The Morgan fingerprint density at radius 3 is 2.52 bits per heavy atom. The summed E-state index contributed by atoms with van der Waals surface area (Å²) in [4.78, 5) is 12.6. The van der Waals surface area contributed by atoms with Crippen LogP contribution in [0.15, 0.2) is 54.6 Å². The molecule has 0 bridgehead atoms. The number of alkyl halides is 3. The SMILES string of the molecule is Cc1nn(-c2ccccc2)c(Cl)c1C(=O)Nc1cccc(OC(F)(F)F)c1. The fourth-order valence-electron chi connectivity index (χ4n) is 2.46. The van der Waals surface area contributed by atoms with Crippen molar-refractivity contribution < 1.29 is 22.7 Å². The maximum Gasteiger partial charge on any atom is 0.573 e. The zero-order valence-corrected chi connectivity index (χ0v) is 14.7. The summed E-state index contributed by atoms with van der Waals surface area (Å²) in [5.74, 6) is -1.04. The first-order valence-corrected chi connectivity index (χ1v) is 8.10. The largest absolute Gasteiger partial charge is 0.573 e. The molecular weight excluding hydrogens is 383 g/mol. The summed E-state index contributed by atoms with van der Waals surface area (Å²) < 4.78 is 42.3. The standard InChI is InChI=1S/C18H13ClF3N3O2/c1-11-15(16(19)25(24-11)13-7-3-2-4-8-13)17(26)23-12-6-5-9-14(10-12)27-18(20,21)22/h2-10H,1H3,(H,23,26). The number of amides is 1. The lowest BCUT2D eigenvalue weighted by atomic mass is 10.2. The number of hydrogen-bond acceptors (Lipinski definition) is 3. The van der Waals surface area contributed by atoms with Crippen molar-refractivity contribution in [3.05, 3.63) is 71.0 Å². The zero-order valence-electron chi connectivity index (χ0n) is 13.9. The number of aryl methyl sites for hydroxylation is 1. The number of rotatable bonds is 4. The molecule has 9 heteroatoms. The van der Waals surface area contributed by atoms with Gasteiger partial charge in [-0.25, -0.2) is 4.68 Å². The van der Waals surface area contributed by atoms with Crippen molar-refractivity contribution in [2.45, 2.75) is 13.3 Å². The summed E-state index contributed by atoms with van der Waals surface area (Å²) >= 11 is 6.31. The lowest BCUT2D eigenvalue weighted by Crippen LogP contribution is -2.17. The topological polar surface area (TPSA) is 56.2 Å². The van der Waals surface area contributed by atoms with Crippen LogP contribution in [-0.2, 0) is 0 Å². The molecule has 1 N–H and O–H groups in total. The van der Waals surface area contributed by atoms with Crippen molar-refractivity contribution in [1.29, 1.82) is 0 Å². The van der Waals surface area contributed by atoms with Gasteiger partial charge < -0.3 is 10.1 Å². The van der Waals surface area contributed by atoms with Gasteiger partial charge in [-0.3, -0.25) is 4.79 Å². The monoisotopic (exact) mass is 395 g/mol. The first-order valence-electron chi connectivity index (χ1n) is 7.72. The molecule has 0 unspecified atom stereocenters. The number of carbonyl (C=O) groups is 1. The molecule has 0 aliphatic carbocycles. The Kier molecular flexibility index (Phi) is 5.09. The van der Waals surface area contributed by atoms with Crippen LogP contribution in [-0.4, -0.2) is 22.1 Å². The minimum atomic E-state index is -4.82.